The van der Waals surface area contributed by atoms with Gasteiger partial charge in [-0.05, 0) is 30.7 Å². The molecule has 8 nitrogen and oxygen atoms in total. The summed E-state index contributed by atoms with van der Waals surface area (Å²) in [6, 6.07) is 10.3. The first-order chi connectivity index (χ1) is 12.6. The monoisotopic (exact) mass is 359 g/mol. The summed E-state index contributed by atoms with van der Waals surface area (Å²) in [4.78, 5) is 22.6. The molecule has 0 spiro atoms. The highest BCUT2D eigenvalue weighted by Gasteiger charge is 2.20. The number of hydrogen-bond donors (Lipinski definition) is 0. The van der Waals surface area contributed by atoms with Crippen molar-refractivity contribution in [2.45, 2.75) is 12.7 Å². The van der Waals surface area contributed by atoms with E-state index in [9.17, 15) is 14.9 Å². The molecule has 0 amide bonds. The highest BCUT2D eigenvalue weighted by Crippen LogP contribution is 2.33. The van der Waals surface area contributed by atoms with Crippen molar-refractivity contribution in [2.24, 2.45) is 0 Å². The van der Waals surface area contributed by atoms with E-state index in [1.54, 1.807) is 18.2 Å². The van der Waals surface area contributed by atoms with E-state index in [-0.39, 0.29) is 17.0 Å². The molecule has 0 aliphatic carbocycles. The highest BCUT2D eigenvalue weighted by molar-refractivity contribution is 5.92. The molecule has 0 saturated carbocycles. The molecule has 0 bridgehead atoms. The van der Waals surface area contributed by atoms with Crippen LogP contribution in [0.15, 0.2) is 42.5 Å². The standard InChI is InChI=1S/C18H17NO7/c1-23-16-11-13(18-24-8-3-9-25-18)6-7-15(16)26-17(20)12-4-2-5-14(10-12)19(21)22/h2,4-7,10-11,18H,3,8-9H2,1H3. The van der Waals surface area contributed by atoms with Crippen molar-refractivity contribution in [1.82, 2.24) is 0 Å². The third-order valence-electron chi connectivity index (χ3n) is 3.78. The lowest BCUT2D eigenvalue weighted by atomic mass is 10.1. The predicted molar refractivity (Wildman–Crippen MR) is 90.3 cm³/mol. The molecule has 2 aromatic rings. The smallest absolute Gasteiger partial charge is 0.343 e. The van der Waals surface area contributed by atoms with Crippen LogP contribution in [0.25, 0.3) is 0 Å². The van der Waals surface area contributed by atoms with Crippen LogP contribution in [0.4, 0.5) is 5.69 Å². The number of methoxy groups -OCH3 is 1. The maximum absolute atomic E-state index is 12.3. The van der Waals surface area contributed by atoms with Crippen LogP contribution in [0, 0.1) is 10.1 Å². The summed E-state index contributed by atoms with van der Waals surface area (Å²) in [5, 5.41) is 10.8. The second-order valence-electron chi connectivity index (χ2n) is 5.53. The summed E-state index contributed by atoms with van der Waals surface area (Å²) in [5.74, 6) is -0.187. The number of ether oxygens (including phenoxy) is 4. The Morgan fingerprint density at radius 3 is 2.62 bits per heavy atom. The number of nitro groups is 1. The third kappa shape index (κ3) is 3.98. The van der Waals surface area contributed by atoms with Gasteiger partial charge in [-0.3, -0.25) is 10.1 Å². The molecule has 1 aliphatic rings. The Labute approximate surface area is 149 Å². The zero-order valence-corrected chi connectivity index (χ0v) is 14.0. The number of carbonyl (C=O) groups excluding carboxylic acids is 1. The van der Waals surface area contributed by atoms with Gasteiger partial charge in [0.2, 0.25) is 0 Å². The minimum absolute atomic E-state index is 0.0734. The number of nitro benzene ring substituents is 1. The van der Waals surface area contributed by atoms with Crippen molar-refractivity contribution in [3.63, 3.8) is 0 Å². The number of benzene rings is 2. The van der Waals surface area contributed by atoms with E-state index < -0.39 is 17.2 Å². The molecule has 0 aromatic heterocycles. The van der Waals surface area contributed by atoms with Crippen molar-refractivity contribution < 1.29 is 28.7 Å². The Morgan fingerprint density at radius 2 is 1.92 bits per heavy atom. The fourth-order valence-electron chi connectivity index (χ4n) is 2.50. The van der Waals surface area contributed by atoms with Gasteiger partial charge in [0.05, 0.1) is 30.8 Å². The average molecular weight is 359 g/mol. The Kier molecular flexibility index (Phi) is 5.45. The van der Waals surface area contributed by atoms with E-state index in [2.05, 4.69) is 0 Å². The molecule has 0 N–H and O–H groups in total. The Bertz CT molecular complexity index is 815. The SMILES string of the molecule is COc1cc(C2OCCCO2)ccc1OC(=O)c1cccc([N+](=O)[O-])c1. The second kappa shape index (κ2) is 7.94. The van der Waals surface area contributed by atoms with Gasteiger partial charge < -0.3 is 18.9 Å². The summed E-state index contributed by atoms with van der Waals surface area (Å²) >= 11 is 0. The van der Waals surface area contributed by atoms with E-state index in [1.165, 1.54) is 25.3 Å². The van der Waals surface area contributed by atoms with E-state index in [0.29, 0.717) is 19.0 Å². The molecule has 1 fully saturated rings. The molecule has 2 aromatic carbocycles. The number of rotatable bonds is 5. The van der Waals surface area contributed by atoms with Crippen LogP contribution in [0.5, 0.6) is 11.5 Å². The normalized spacial score (nSPS) is 14.7. The zero-order valence-electron chi connectivity index (χ0n) is 14.0. The summed E-state index contributed by atoms with van der Waals surface area (Å²) in [5.41, 5.74) is 0.634. The number of hydrogen-bond acceptors (Lipinski definition) is 7. The number of non-ortho nitro benzene ring substituents is 1. The molecule has 0 atom stereocenters. The molecule has 8 heteroatoms. The lowest BCUT2D eigenvalue weighted by molar-refractivity contribution is -0.384. The molecule has 1 aliphatic heterocycles. The molecule has 3 rings (SSSR count). The van der Waals surface area contributed by atoms with Crippen LogP contribution in [0.1, 0.15) is 28.6 Å². The molecule has 1 saturated heterocycles. The summed E-state index contributed by atoms with van der Waals surface area (Å²) in [7, 11) is 1.45. The Balaban J connectivity index is 1.79. The van der Waals surface area contributed by atoms with E-state index in [0.717, 1.165) is 18.1 Å². The highest BCUT2D eigenvalue weighted by atomic mass is 16.7. The average Bonchev–Trinajstić information content (AvgIpc) is 2.69. The summed E-state index contributed by atoms with van der Waals surface area (Å²) < 4.78 is 21.7. The van der Waals surface area contributed by atoms with Gasteiger partial charge in [-0.2, -0.15) is 0 Å². The molecular formula is C18H17NO7. The van der Waals surface area contributed by atoms with Crippen molar-refractivity contribution in [3.05, 3.63) is 63.7 Å². The van der Waals surface area contributed by atoms with E-state index in [1.807, 2.05) is 0 Å². The molecule has 1 heterocycles. The van der Waals surface area contributed by atoms with Crippen LogP contribution in [0.2, 0.25) is 0 Å². The minimum atomic E-state index is -0.718. The van der Waals surface area contributed by atoms with Crippen LogP contribution in [0.3, 0.4) is 0 Å². The summed E-state index contributed by atoms with van der Waals surface area (Å²) in [6.45, 7) is 1.22. The van der Waals surface area contributed by atoms with Gasteiger partial charge in [-0.25, -0.2) is 4.79 Å². The maximum Gasteiger partial charge on any atom is 0.343 e. The van der Waals surface area contributed by atoms with Crippen molar-refractivity contribution in [2.75, 3.05) is 20.3 Å². The number of nitrogens with zero attached hydrogens (tertiary/aromatic N) is 1. The molecule has 0 unspecified atom stereocenters. The van der Waals surface area contributed by atoms with Gasteiger partial charge in [0.15, 0.2) is 17.8 Å². The maximum atomic E-state index is 12.3. The van der Waals surface area contributed by atoms with Gasteiger partial charge >= 0.3 is 5.97 Å². The van der Waals surface area contributed by atoms with Crippen LogP contribution in [-0.4, -0.2) is 31.2 Å². The van der Waals surface area contributed by atoms with E-state index >= 15 is 0 Å². The Hall–Kier alpha value is -2.97. The topological polar surface area (TPSA) is 97.1 Å². The minimum Gasteiger partial charge on any atom is -0.493 e. The van der Waals surface area contributed by atoms with Crippen LogP contribution in [-0.2, 0) is 9.47 Å². The fraction of sp³-hybridized carbons (Fsp3) is 0.278. The first-order valence-corrected chi connectivity index (χ1v) is 7.96. The van der Waals surface area contributed by atoms with E-state index in [4.69, 9.17) is 18.9 Å². The zero-order chi connectivity index (χ0) is 18.5. The Morgan fingerprint density at radius 1 is 1.15 bits per heavy atom. The first kappa shape index (κ1) is 17.8. The van der Waals surface area contributed by atoms with Gasteiger partial charge in [0, 0.05) is 17.7 Å². The predicted octanol–water partition coefficient (Wildman–Crippen LogP) is 3.26. The molecule has 0 radical (unpaired) electrons. The van der Waals surface area contributed by atoms with Gasteiger partial charge in [-0.15, -0.1) is 0 Å². The van der Waals surface area contributed by atoms with Gasteiger partial charge in [0.25, 0.3) is 5.69 Å². The quantitative estimate of drug-likeness (QED) is 0.350. The number of carbonyl (C=O) groups is 1. The molecular weight excluding hydrogens is 342 g/mol. The van der Waals surface area contributed by atoms with Crippen molar-refractivity contribution in [1.29, 1.82) is 0 Å². The second-order valence-corrected chi connectivity index (χ2v) is 5.53. The molecule has 136 valence electrons. The lowest BCUT2D eigenvalue weighted by Gasteiger charge is -2.24. The third-order valence-corrected chi connectivity index (χ3v) is 3.78. The lowest BCUT2D eigenvalue weighted by Crippen LogP contribution is -2.18. The number of esters is 1. The summed E-state index contributed by atoms with van der Waals surface area (Å²) in [6.07, 6.45) is 0.353. The fourth-order valence-corrected chi connectivity index (χ4v) is 2.50. The first-order valence-electron chi connectivity index (χ1n) is 7.96. The van der Waals surface area contributed by atoms with Crippen molar-refractivity contribution >= 4 is 11.7 Å². The van der Waals surface area contributed by atoms with Gasteiger partial charge in [0.1, 0.15) is 0 Å². The van der Waals surface area contributed by atoms with Crippen LogP contribution < -0.4 is 9.47 Å². The molecule has 26 heavy (non-hydrogen) atoms. The van der Waals surface area contributed by atoms with Crippen LogP contribution >= 0.6 is 0 Å². The largest absolute Gasteiger partial charge is 0.493 e. The van der Waals surface area contributed by atoms with Crippen molar-refractivity contribution in [3.8, 4) is 11.5 Å². The van der Waals surface area contributed by atoms with Gasteiger partial charge in [-0.1, -0.05) is 6.07 Å².